The number of amides is 2. The number of nitrogens with zero attached hydrogens (tertiary/aromatic N) is 5. The summed E-state index contributed by atoms with van der Waals surface area (Å²) in [6.45, 7) is 2.13. The molecule has 0 aliphatic carbocycles. The number of allylic oxidation sites excluding steroid dienone is 1. The van der Waals surface area contributed by atoms with Gasteiger partial charge in [-0.3, -0.25) is 24.1 Å². The molecular weight excluding hydrogens is 606 g/mol. The van der Waals surface area contributed by atoms with Gasteiger partial charge in [-0.2, -0.15) is 0 Å². The molecule has 242 valence electrons. The average molecular weight is 642 g/mol. The summed E-state index contributed by atoms with van der Waals surface area (Å²) in [7, 11) is 0. The number of rotatable bonds is 10. The van der Waals surface area contributed by atoms with Crippen LogP contribution in [0.5, 0.6) is 5.75 Å². The van der Waals surface area contributed by atoms with Crippen LogP contribution in [-0.4, -0.2) is 50.2 Å². The number of hydrogen-bond acceptors (Lipinski definition) is 7. The van der Waals surface area contributed by atoms with Crippen molar-refractivity contribution >= 4 is 34.6 Å². The van der Waals surface area contributed by atoms with Crippen LogP contribution in [0.4, 0.5) is 22.7 Å². The van der Waals surface area contributed by atoms with Crippen molar-refractivity contribution in [3.63, 3.8) is 0 Å². The van der Waals surface area contributed by atoms with E-state index in [1.807, 2.05) is 104 Å². The highest BCUT2D eigenvalue weighted by Crippen LogP contribution is 2.50. The highest BCUT2D eigenvalue weighted by Gasteiger charge is 2.53. The van der Waals surface area contributed by atoms with Gasteiger partial charge in [0.2, 0.25) is 0 Å². The lowest BCUT2D eigenvalue weighted by Gasteiger charge is -2.31. The van der Waals surface area contributed by atoms with Crippen LogP contribution in [0.2, 0.25) is 0 Å². The largest absolute Gasteiger partial charge is 0.482 e. The predicted molar refractivity (Wildman–Crippen MR) is 181 cm³/mol. The fourth-order valence-electron chi connectivity index (χ4n) is 6.50. The molecule has 2 aliphatic rings. The Morgan fingerprint density at radius 3 is 2.40 bits per heavy atom. The van der Waals surface area contributed by atoms with Gasteiger partial charge in [0.25, 0.3) is 11.8 Å². The van der Waals surface area contributed by atoms with Crippen LogP contribution >= 0.6 is 0 Å². The molecule has 4 aromatic carbocycles. The molecule has 2 amide bonds. The SMILES string of the molecule is C[C@H](/C=C/CCn1cc(C(CO)c2ccccc2)nn1)[C@@]1(O)C(=O)N(c2ccccc2)c2ccc(N3C(=O)COc4ccccc43)cc21. The zero-order valence-electron chi connectivity index (χ0n) is 26.4. The zero-order valence-corrected chi connectivity index (χ0v) is 26.4. The molecule has 1 unspecified atom stereocenters. The number of ether oxygens (including phenoxy) is 1. The Balaban J connectivity index is 1.16. The molecule has 1 aromatic heterocycles. The molecule has 5 aromatic rings. The molecule has 0 radical (unpaired) electrons. The lowest BCUT2D eigenvalue weighted by atomic mass is 9.82. The van der Waals surface area contributed by atoms with Crippen LogP contribution in [0, 0.1) is 5.92 Å². The van der Waals surface area contributed by atoms with E-state index in [1.54, 1.807) is 38.7 Å². The van der Waals surface area contributed by atoms with Gasteiger partial charge in [0.05, 0.1) is 29.6 Å². The minimum Gasteiger partial charge on any atom is -0.482 e. The molecule has 3 heterocycles. The van der Waals surface area contributed by atoms with Gasteiger partial charge in [-0.05, 0) is 54.4 Å². The third-order valence-corrected chi connectivity index (χ3v) is 9.05. The first-order valence-electron chi connectivity index (χ1n) is 15.9. The molecule has 48 heavy (non-hydrogen) atoms. The molecule has 7 rings (SSSR count). The van der Waals surface area contributed by atoms with Crippen molar-refractivity contribution in [1.29, 1.82) is 0 Å². The second kappa shape index (κ2) is 12.9. The number of carbonyl (C=O) groups is 2. The number of aryl methyl sites for hydroxylation is 1. The fraction of sp³-hybridized carbons (Fsp3) is 0.211. The van der Waals surface area contributed by atoms with Crippen molar-refractivity contribution in [3.8, 4) is 5.75 Å². The van der Waals surface area contributed by atoms with Gasteiger partial charge >= 0.3 is 0 Å². The van der Waals surface area contributed by atoms with Gasteiger partial charge in [0.1, 0.15) is 5.75 Å². The smallest absolute Gasteiger partial charge is 0.269 e. The van der Waals surface area contributed by atoms with E-state index in [9.17, 15) is 19.8 Å². The van der Waals surface area contributed by atoms with Crippen molar-refractivity contribution in [2.24, 2.45) is 5.92 Å². The first-order valence-corrected chi connectivity index (χ1v) is 15.9. The number of anilines is 4. The van der Waals surface area contributed by atoms with Crippen molar-refractivity contribution in [2.75, 3.05) is 23.0 Å². The van der Waals surface area contributed by atoms with Gasteiger partial charge in [-0.25, -0.2) is 0 Å². The molecule has 10 heteroatoms. The topological polar surface area (TPSA) is 121 Å². The van der Waals surface area contributed by atoms with E-state index in [0.717, 1.165) is 5.56 Å². The van der Waals surface area contributed by atoms with Gasteiger partial charge in [0, 0.05) is 35.6 Å². The summed E-state index contributed by atoms with van der Waals surface area (Å²) >= 11 is 0. The Morgan fingerprint density at radius 2 is 1.62 bits per heavy atom. The number of benzene rings is 4. The summed E-state index contributed by atoms with van der Waals surface area (Å²) in [6.07, 6.45) is 6.17. The number of fused-ring (bicyclic) bond motifs is 2. The summed E-state index contributed by atoms with van der Waals surface area (Å²) in [4.78, 5) is 30.5. The predicted octanol–water partition coefficient (Wildman–Crippen LogP) is 5.61. The number of carbonyl (C=O) groups excluding carboxylic acids is 2. The van der Waals surface area contributed by atoms with E-state index >= 15 is 0 Å². The molecule has 2 aliphatic heterocycles. The van der Waals surface area contributed by atoms with Gasteiger partial charge in [0.15, 0.2) is 12.2 Å². The molecule has 0 spiro atoms. The molecule has 3 atom stereocenters. The maximum atomic E-state index is 14.2. The van der Waals surface area contributed by atoms with Crippen LogP contribution in [0.25, 0.3) is 0 Å². The van der Waals surface area contributed by atoms with Crippen molar-refractivity contribution in [2.45, 2.75) is 31.4 Å². The minimum absolute atomic E-state index is 0.0812. The van der Waals surface area contributed by atoms with Crippen LogP contribution in [0.3, 0.4) is 0 Å². The summed E-state index contributed by atoms with van der Waals surface area (Å²) in [5.74, 6) is -1.03. The zero-order chi connectivity index (χ0) is 33.3. The highest BCUT2D eigenvalue weighted by atomic mass is 16.5. The summed E-state index contributed by atoms with van der Waals surface area (Å²) in [5.41, 5.74) is 2.47. The van der Waals surface area contributed by atoms with Gasteiger partial charge < -0.3 is 14.9 Å². The summed E-state index contributed by atoms with van der Waals surface area (Å²) in [5, 5.41) is 30.9. The first-order chi connectivity index (χ1) is 23.4. The Bertz CT molecular complexity index is 1980. The number of aliphatic hydroxyl groups is 2. The van der Waals surface area contributed by atoms with Crippen LogP contribution in [0.15, 0.2) is 121 Å². The Labute approximate surface area is 278 Å². The Kier molecular flexibility index (Phi) is 8.34. The number of aromatic nitrogens is 3. The summed E-state index contributed by atoms with van der Waals surface area (Å²) in [6, 6.07) is 31.5. The standard InChI is InChI=1S/C38H35N5O5/c1-26(12-10-11-21-41-23-32(39-40-41)30(24-44)27-13-4-2-5-14-27)38(47)31-22-29(42-34-17-8-9-18-35(34)48-25-36(42)45)19-20-33(31)43(37(38)46)28-15-6-3-7-16-28/h2-10,12-20,22-23,26,30,44,47H,11,21,24-25H2,1H3/b12-10+/t26-,30?,38+/m1/s1. The van der Waals surface area contributed by atoms with E-state index < -0.39 is 17.4 Å². The third-order valence-electron chi connectivity index (χ3n) is 9.05. The first kappa shape index (κ1) is 31.0. The molecule has 0 fully saturated rings. The third kappa shape index (κ3) is 5.44. The molecule has 10 nitrogen and oxygen atoms in total. The Hall–Kier alpha value is -5.58. The quantitative estimate of drug-likeness (QED) is 0.190. The molecule has 0 saturated carbocycles. The lowest BCUT2D eigenvalue weighted by Crippen LogP contribution is -2.43. The van der Waals surface area contributed by atoms with E-state index in [4.69, 9.17) is 4.74 Å². The van der Waals surface area contributed by atoms with Crippen molar-refractivity contribution < 1.29 is 24.5 Å². The molecule has 2 N–H and O–H groups in total. The van der Waals surface area contributed by atoms with Crippen LogP contribution in [-0.2, 0) is 21.7 Å². The van der Waals surface area contributed by atoms with E-state index in [-0.39, 0.29) is 25.0 Å². The monoisotopic (exact) mass is 641 g/mol. The lowest BCUT2D eigenvalue weighted by molar-refractivity contribution is -0.138. The highest BCUT2D eigenvalue weighted by molar-refractivity contribution is 6.13. The minimum atomic E-state index is -1.91. The molecule has 0 saturated heterocycles. The number of aliphatic hydroxyl groups excluding tert-OH is 1. The van der Waals surface area contributed by atoms with Crippen molar-refractivity contribution in [3.05, 3.63) is 138 Å². The summed E-state index contributed by atoms with van der Waals surface area (Å²) < 4.78 is 7.37. The van der Waals surface area contributed by atoms with Crippen LogP contribution < -0.4 is 14.5 Å². The second-order valence-corrected chi connectivity index (χ2v) is 12.0. The normalized spacial score (nSPS) is 18.5. The number of hydrogen-bond donors (Lipinski definition) is 2. The maximum Gasteiger partial charge on any atom is 0.269 e. The molecule has 0 bridgehead atoms. The number of para-hydroxylation sites is 3. The molecular formula is C38H35N5O5. The van der Waals surface area contributed by atoms with E-state index in [1.165, 1.54) is 0 Å². The van der Waals surface area contributed by atoms with Gasteiger partial charge in [-0.1, -0.05) is 85.0 Å². The second-order valence-electron chi connectivity index (χ2n) is 12.0. The van der Waals surface area contributed by atoms with Crippen LogP contribution in [0.1, 0.15) is 36.1 Å². The average Bonchev–Trinajstić information content (AvgIpc) is 3.68. The van der Waals surface area contributed by atoms with E-state index in [2.05, 4.69) is 10.3 Å². The maximum absolute atomic E-state index is 14.2. The fourth-order valence-corrected chi connectivity index (χ4v) is 6.50. The van der Waals surface area contributed by atoms with E-state index in [0.29, 0.717) is 52.7 Å². The Morgan fingerprint density at radius 1 is 0.896 bits per heavy atom. The van der Waals surface area contributed by atoms with Crippen molar-refractivity contribution in [1.82, 2.24) is 15.0 Å². The van der Waals surface area contributed by atoms with Gasteiger partial charge in [-0.15, -0.1) is 5.10 Å².